The summed E-state index contributed by atoms with van der Waals surface area (Å²) < 4.78 is 0. The number of thiocarbonyl (C=S) groups is 1. The number of hydrogen-bond acceptors (Lipinski definition) is 3. The summed E-state index contributed by atoms with van der Waals surface area (Å²) in [5, 5.41) is 3.87. The maximum atomic E-state index is 5.47. The fourth-order valence-electron chi connectivity index (χ4n) is 2.45. The van der Waals surface area contributed by atoms with Crippen molar-refractivity contribution >= 4 is 45.1 Å². The van der Waals surface area contributed by atoms with E-state index in [4.69, 9.17) is 12.2 Å². The molecule has 3 rings (SSSR count). The molecule has 0 aliphatic carbocycles. The molecule has 0 fully saturated rings. The van der Waals surface area contributed by atoms with Gasteiger partial charge in [0.15, 0.2) is 5.11 Å². The molecule has 24 heavy (non-hydrogen) atoms. The highest BCUT2D eigenvalue weighted by atomic mass is 32.1. The monoisotopic (exact) mass is 334 g/mol. The summed E-state index contributed by atoms with van der Waals surface area (Å²) in [6, 6.07) is 13.7. The van der Waals surface area contributed by atoms with Crippen LogP contribution in [0.3, 0.4) is 0 Å². The smallest absolute Gasteiger partial charge is 0.173 e. The van der Waals surface area contributed by atoms with Crippen molar-refractivity contribution in [3.63, 3.8) is 0 Å². The fourth-order valence-corrected chi connectivity index (χ4v) is 2.72. The van der Waals surface area contributed by atoms with Gasteiger partial charge in [0.2, 0.25) is 0 Å². The van der Waals surface area contributed by atoms with Crippen LogP contribution in [0.5, 0.6) is 0 Å². The van der Waals surface area contributed by atoms with Crippen LogP contribution in [-0.4, -0.2) is 33.1 Å². The molecule has 0 aliphatic heterocycles. The molecule has 0 amide bonds. The summed E-state index contributed by atoms with van der Waals surface area (Å²) >= 11 is 5.47. The summed E-state index contributed by atoms with van der Waals surface area (Å²) in [5.41, 5.74) is 4.35. The molecule has 120 valence electrons. The van der Waals surface area contributed by atoms with E-state index in [1.54, 1.807) is 0 Å². The SMILES string of the molecule is C=CCN(CC=C)C(=S)Nc1ccc2nc3ccccc3nc2c1. The van der Waals surface area contributed by atoms with Crippen molar-refractivity contribution < 1.29 is 0 Å². The van der Waals surface area contributed by atoms with Gasteiger partial charge in [-0.15, -0.1) is 13.2 Å². The zero-order valence-corrected chi connectivity index (χ0v) is 14.1. The van der Waals surface area contributed by atoms with Crippen molar-refractivity contribution in [2.45, 2.75) is 0 Å². The summed E-state index contributed by atoms with van der Waals surface area (Å²) in [6.07, 6.45) is 3.63. The van der Waals surface area contributed by atoms with Gasteiger partial charge in [0, 0.05) is 18.8 Å². The summed E-state index contributed by atoms with van der Waals surface area (Å²) in [6.45, 7) is 8.85. The van der Waals surface area contributed by atoms with E-state index < -0.39 is 0 Å². The lowest BCUT2D eigenvalue weighted by Crippen LogP contribution is -2.34. The van der Waals surface area contributed by atoms with Crippen molar-refractivity contribution in [1.82, 2.24) is 14.9 Å². The molecule has 0 radical (unpaired) electrons. The Labute approximate surface area is 146 Å². The number of hydrogen-bond donors (Lipinski definition) is 1. The van der Waals surface area contributed by atoms with E-state index in [0.717, 1.165) is 27.8 Å². The second-order valence-electron chi connectivity index (χ2n) is 5.33. The van der Waals surface area contributed by atoms with E-state index in [0.29, 0.717) is 18.2 Å². The minimum atomic E-state index is 0.628. The van der Waals surface area contributed by atoms with Gasteiger partial charge in [-0.1, -0.05) is 24.3 Å². The van der Waals surface area contributed by atoms with Crippen LogP contribution in [0.4, 0.5) is 5.69 Å². The third-order valence-corrected chi connectivity index (χ3v) is 3.94. The van der Waals surface area contributed by atoms with Crippen LogP contribution in [0.15, 0.2) is 67.8 Å². The van der Waals surface area contributed by atoms with E-state index in [1.165, 1.54) is 0 Å². The Bertz CT molecular complexity index is 910. The Kier molecular flexibility index (Phi) is 4.82. The summed E-state index contributed by atoms with van der Waals surface area (Å²) in [7, 11) is 0. The Balaban J connectivity index is 1.89. The Morgan fingerprint density at radius 3 is 2.17 bits per heavy atom. The lowest BCUT2D eigenvalue weighted by atomic mass is 10.2. The number of para-hydroxylation sites is 2. The molecule has 1 N–H and O–H groups in total. The summed E-state index contributed by atoms with van der Waals surface area (Å²) in [5.74, 6) is 0. The van der Waals surface area contributed by atoms with Crippen molar-refractivity contribution in [3.05, 3.63) is 67.8 Å². The van der Waals surface area contributed by atoms with E-state index in [2.05, 4.69) is 28.4 Å². The first-order chi connectivity index (χ1) is 11.7. The number of rotatable bonds is 5. The van der Waals surface area contributed by atoms with Crippen LogP contribution in [0.1, 0.15) is 0 Å². The van der Waals surface area contributed by atoms with E-state index in [-0.39, 0.29) is 0 Å². The van der Waals surface area contributed by atoms with Gasteiger partial charge in [-0.2, -0.15) is 0 Å². The van der Waals surface area contributed by atoms with Gasteiger partial charge in [0.05, 0.1) is 22.1 Å². The zero-order valence-electron chi connectivity index (χ0n) is 13.3. The average molecular weight is 334 g/mol. The standard InChI is InChI=1S/C19H18N4S/c1-3-11-23(12-4-2)19(24)20-14-9-10-17-18(13-14)22-16-8-6-5-7-15(16)21-17/h3-10,13H,1-2,11-12H2,(H,20,24). The molecule has 0 atom stereocenters. The van der Waals surface area contributed by atoms with Gasteiger partial charge in [-0.05, 0) is 42.5 Å². The van der Waals surface area contributed by atoms with Crippen LogP contribution in [0.25, 0.3) is 22.1 Å². The highest BCUT2D eigenvalue weighted by molar-refractivity contribution is 7.80. The highest BCUT2D eigenvalue weighted by Gasteiger charge is 2.08. The number of aromatic nitrogens is 2. The fraction of sp³-hybridized carbons (Fsp3) is 0.105. The number of fused-ring (bicyclic) bond motifs is 2. The molecule has 0 saturated carbocycles. The minimum absolute atomic E-state index is 0.628. The van der Waals surface area contributed by atoms with Crippen molar-refractivity contribution in [2.24, 2.45) is 0 Å². The second kappa shape index (κ2) is 7.19. The summed E-state index contributed by atoms with van der Waals surface area (Å²) in [4.78, 5) is 11.3. The van der Waals surface area contributed by atoms with E-state index in [1.807, 2.05) is 59.5 Å². The maximum absolute atomic E-state index is 5.47. The van der Waals surface area contributed by atoms with Gasteiger partial charge < -0.3 is 10.2 Å². The van der Waals surface area contributed by atoms with Gasteiger partial charge in [0.1, 0.15) is 0 Å². The molecular weight excluding hydrogens is 316 g/mol. The number of anilines is 1. The minimum Gasteiger partial charge on any atom is -0.342 e. The molecule has 0 unspecified atom stereocenters. The van der Waals surface area contributed by atoms with Gasteiger partial charge >= 0.3 is 0 Å². The second-order valence-corrected chi connectivity index (χ2v) is 5.71. The molecule has 2 aromatic carbocycles. The predicted molar refractivity (Wildman–Crippen MR) is 105 cm³/mol. The molecule has 5 heteroatoms. The first-order valence-corrected chi connectivity index (χ1v) is 8.06. The quantitative estimate of drug-likeness (QED) is 0.431. The van der Waals surface area contributed by atoms with Gasteiger partial charge in [-0.25, -0.2) is 9.97 Å². The zero-order chi connectivity index (χ0) is 16.9. The Morgan fingerprint density at radius 1 is 0.958 bits per heavy atom. The number of nitrogens with one attached hydrogen (secondary N) is 1. The predicted octanol–water partition coefficient (Wildman–Crippen LogP) is 4.15. The molecule has 0 bridgehead atoms. The van der Waals surface area contributed by atoms with Gasteiger partial charge in [-0.3, -0.25) is 0 Å². The van der Waals surface area contributed by atoms with Crippen LogP contribution in [0.2, 0.25) is 0 Å². The van der Waals surface area contributed by atoms with Crippen LogP contribution < -0.4 is 5.32 Å². The molecule has 4 nitrogen and oxygen atoms in total. The number of nitrogens with zero attached hydrogens (tertiary/aromatic N) is 3. The Hall–Kier alpha value is -2.79. The molecule has 3 aromatic rings. The first-order valence-electron chi connectivity index (χ1n) is 7.65. The van der Waals surface area contributed by atoms with E-state index in [9.17, 15) is 0 Å². The van der Waals surface area contributed by atoms with Crippen LogP contribution in [-0.2, 0) is 0 Å². The van der Waals surface area contributed by atoms with Crippen molar-refractivity contribution in [2.75, 3.05) is 18.4 Å². The molecule has 1 aromatic heterocycles. The molecule has 1 heterocycles. The molecular formula is C19H18N4S. The molecule has 0 saturated heterocycles. The van der Waals surface area contributed by atoms with Crippen molar-refractivity contribution in [1.29, 1.82) is 0 Å². The Morgan fingerprint density at radius 2 is 1.54 bits per heavy atom. The van der Waals surface area contributed by atoms with Crippen LogP contribution in [0, 0.1) is 0 Å². The lowest BCUT2D eigenvalue weighted by Gasteiger charge is -2.23. The third-order valence-electron chi connectivity index (χ3n) is 3.58. The third kappa shape index (κ3) is 3.41. The lowest BCUT2D eigenvalue weighted by molar-refractivity contribution is 0.522. The number of benzene rings is 2. The largest absolute Gasteiger partial charge is 0.342 e. The first kappa shape index (κ1) is 16.1. The highest BCUT2D eigenvalue weighted by Crippen LogP contribution is 2.20. The van der Waals surface area contributed by atoms with Crippen molar-refractivity contribution in [3.8, 4) is 0 Å². The molecule has 0 aliphatic rings. The topological polar surface area (TPSA) is 41.0 Å². The van der Waals surface area contributed by atoms with Crippen LogP contribution >= 0.6 is 12.2 Å². The average Bonchev–Trinajstić information content (AvgIpc) is 2.59. The van der Waals surface area contributed by atoms with E-state index >= 15 is 0 Å². The normalized spacial score (nSPS) is 10.5. The van der Waals surface area contributed by atoms with Gasteiger partial charge in [0.25, 0.3) is 0 Å². The molecule has 0 spiro atoms. The maximum Gasteiger partial charge on any atom is 0.173 e.